The number of amides is 1. The molecule has 4 rings (SSSR count). The number of nitrogens with one attached hydrogen (secondary N) is 3. The highest BCUT2D eigenvalue weighted by atomic mass is 32.2. The van der Waals surface area contributed by atoms with E-state index in [2.05, 4.69) is 20.7 Å². The summed E-state index contributed by atoms with van der Waals surface area (Å²) in [7, 11) is -5.08. The third kappa shape index (κ3) is 6.59. The van der Waals surface area contributed by atoms with Crippen molar-refractivity contribution in [3.05, 3.63) is 71.2 Å². The quantitative estimate of drug-likeness (QED) is 0.168. The van der Waals surface area contributed by atoms with E-state index in [1.165, 1.54) is 56.3 Å². The van der Waals surface area contributed by atoms with E-state index in [1.807, 2.05) is 0 Å². The van der Waals surface area contributed by atoms with Crippen molar-refractivity contribution >= 4 is 33.3 Å². The highest BCUT2D eigenvalue weighted by molar-refractivity contribution is 7.93. The molecule has 218 valence electrons. The zero-order chi connectivity index (χ0) is 30.1. The SMILES string of the molecule is C[C@H](Oc1cc(-c2[nH]nc(Nc3cc(C(C)(C)F)on3)c2C(N)=O)ccc1NS(=O)(=O)C(F)F)c1ccc(F)cc1. The Morgan fingerprint density at radius 1 is 1.15 bits per heavy atom. The number of H-pyrrole nitrogens is 1. The van der Waals surface area contributed by atoms with Crippen LogP contribution < -0.4 is 20.5 Å². The highest BCUT2D eigenvalue weighted by Gasteiger charge is 2.28. The monoisotopic (exact) mass is 596 g/mol. The molecule has 1 amide bonds. The van der Waals surface area contributed by atoms with Crippen LogP contribution in [0.4, 0.5) is 34.9 Å². The average Bonchev–Trinajstić information content (AvgIpc) is 3.53. The first-order valence-electron chi connectivity index (χ1n) is 11.8. The first-order chi connectivity index (χ1) is 19.2. The molecule has 0 fully saturated rings. The lowest BCUT2D eigenvalue weighted by atomic mass is 10.1. The molecule has 0 unspecified atom stereocenters. The van der Waals surface area contributed by atoms with Crippen molar-refractivity contribution in [2.24, 2.45) is 5.73 Å². The fraction of sp³-hybridized carbons (Fsp3) is 0.240. The molecule has 41 heavy (non-hydrogen) atoms. The summed E-state index contributed by atoms with van der Waals surface area (Å²) in [5, 5.41) is 13.1. The van der Waals surface area contributed by atoms with Crippen LogP contribution in [-0.4, -0.2) is 35.4 Å². The molecule has 4 aromatic rings. The number of carbonyl (C=O) groups excluding carboxylic acids is 1. The number of nitrogens with zero attached hydrogens (tertiary/aromatic N) is 2. The van der Waals surface area contributed by atoms with Crippen LogP contribution in [0.25, 0.3) is 11.3 Å². The molecule has 0 aliphatic rings. The number of halogens is 4. The van der Waals surface area contributed by atoms with Crippen LogP contribution in [0.2, 0.25) is 0 Å². The number of hydrogen-bond donors (Lipinski definition) is 4. The Labute approximate surface area is 231 Å². The number of aromatic nitrogens is 3. The van der Waals surface area contributed by atoms with Crippen LogP contribution in [0.5, 0.6) is 5.75 Å². The van der Waals surface area contributed by atoms with Gasteiger partial charge in [-0.2, -0.15) is 13.9 Å². The second kappa shape index (κ2) is 11.1. The molecule has 0 radical (unpaired) electrons. The Bertz CT molecular complexity index is 1670. The lowest BCUT2D eigenvalue weighted by molar-refractivity contribution is 0.100. The summed E-state index contributed by atoms with van der Waals surface area (Å²) in [6.07, 6.45) is -0.795. The van der Waals surface area contributed by atoms with Crippen LogP contribution in [0.3, 0.4) is 0 Å². The number of ether oxygens (including phenoxy) is 1. The Balaban J connectivity index is 1.74. The lowest BCUT2D eigenvalue weighted by Gasteiger charge is -2.19. The molecule has 11 nitrogen and oxygen atoms in total. The molecule has 2 heterocycles. The minimum atomic E-state index is -5.08. The van der Waals surface area contributed by atoms with Gasteiger partial charge in [0, 0.05) is 11.6 Å². The molecule has 0 aliphatic heterocycles. The lowest BCUT2D eigenvalue weighted by Crippen LogP contribution is -2.21. The molecule has 0 aliphatic carbocycles. The van der Waals surface area contributed by atoms with Crippen molar-refractivity contribution in [2.75, 3.05) is 10.0 Å². The number of primary amides is 1. The summed E-state index contributed by atoms with van der Waals surface area (Å²) in [6.45, 7) is 4.10. The van der Waals surface area contributed by atoms with Gasteiger partial charge in [0.1, 0.15) is 23.2 Å². The molecule has 2 aromatic carbocycles. The fourth-order valence-electron chi connectivity index (χ4n) is 3.67. The van der Waals surface area contributed by atoms with E-state index in [0.29, 0.717) is 5.56 Å². The van der Waals surface area contributed by atoms with Gasteiger partial charge in [0.2, 0.25) is 0 Å². The summed E-state index contributed by atoms with van der Waals surface area (Å²) in [4.78, 5) is 12.4. The zero-order valence-corrected chi connectivity index (χ0v) is 22.5. The molecule has 16 heteroatoms. The molecule has 0 saturated carbocycles. The van der Waals surface area contributed by atoms with Crippen LogP contribution in [-0.2, 0) is 15.7 Å². The van der Waals surface area contributed by atoms with Crippen molar-refractivity contribution in [1.29, 1.82) is 0 Å². The van der Waals surface area contributed by atoms with Gasteiger partial charge >= 0.3 is 5.76 Å². The minimum Gasteiger partial charge on any atom is -0.484 e. The smallest absolute Gasteiger partial charge is 0.355 e. The van der Waals surface area contributed by atoms with Crippen molar-refractivity contribution in [3.8, 4) is 17.0 Å². The maximum absolute atomic E-state index is 14.2. The van der Waals surface area contributed by atoms with Crippen LogP contribution in [0, 0.1) is 5.82 Å². The summed E-state index contributed by atoms with van der Waals surface area (Å²) in [6, 6.07) is 10.2. The van der Waals surface area contributed by atoms with Gasteiger partial charge < -0.3 is 20.3 Å². The van der Waals surface area contributed by atoms with Gasteiger partial charge in [-0.3, -0.25) is 14.6 Å². The van der Waals surface area contributed by atoms with Gasteiger partial charge in [0.15, 0.2) is 23.1 Å². The third-order valence-corrected chi connectivity index (χ3v) is 6.73. The molecule has 0 saturated heterocycles. The number of benzene rings is 2. The number of nitrogens with two attached hydrogens (primary N) is 1. The predicted molar refractivity (Wildman–Crippen MR) is 140 cm³/mol. The van der Waals surface area contributed by atoms with Gasteiger partial charge in [-0.25, -0.2) is 17.2 Å². The highest BCUT2D eigenvalue weighted by Crippen LogP contribution is 2.37. The second-order valence-corrected chi connectivity index (χ2v) is 10.9. The number of hydrogen-bond acceptors (Lipinski definition) is 8. The standard InChI is InChI=1S/C25H24F4N6O5S/c1-12(13-4-7-15(26)8-5-13)39-17-10-14(6-9-16(17)35-41(37,38)24(27)28)21-20(22(30)36)23(33-32-21)31-19-11-18(40-34-19)25(2,3)29/h4-12,24,35H,1-3H3,(H2,30,36)(H2,31,32,33,34)/t12-/m0/s1. The Hall–Kier alpha value is -4.60. The normalized spacial score (nSPS) is 12.8. The van der Waals surface area contributed by atoms with Gasteiger partial charge in [0.25, 0.3) is 15.9 Å². The van der Waals surface area contributed by atoms with E-state index < -0.39 is 39.3 Å². The first-order valence-corrected chi connectivity index (χ1v) is 13.4. The Morgan fingerprint density at radius 2 is 1.83 bits per heavy atom. The molecular formula is C25H24F4N6O5S. The maximum Gasteiger partial charge on any atom is 0.355 e. The molecule has 5 N–H and O–H groups in total. The van der Waals surface area contributed by atoms with E-state index in [1.54, 1.807) is 11.6 Å². The number of rotatable bonds is 11. The van der Waals surface area contributed by atoms with Gasteiger partial charge in [-0.1, -0.05) is 23.4 Å². The second-order valence-electron chi connectivity index (χ2n) is 9.29. The van der Waals surface area contributed by atoms with Gasteiger partial charge in [0.05, 0.1) is 11.4 Å². The first kappa shape index (κ1) is 29.4. The summed E-state index contributed by atoms with van der Waals surface area (Å²) in [5.74, 6) is -5.51. The predicted octanol–water partition coefficient (Wildman–Crippen LogP) is 5.36. The van der Waals surface area contributed by atoms with Crippen LogP contribution in [0.1, 0.15) is 48.6 Å². The Morgan fingerprint density at radius 3 is 2.41 bits per heavy atom. The molecule has 0 bridgehead atoms. The van der Waals surface area contributed by atoms with Crippen molar-refractivity contribution in [1.82, 2.24) is 15.4 Å². The molecule has 2 aromatic heterocycles. The van der Waals surface area contributed by atoms with Gasteiger partial charge in [-0.15, -0.1) is 0 Å². The van der Waals surface area contributed by atoms with Gasteiger partial charge in [-0.05, 0) is 50.6 Å². The number of anilines is 3. The fourth-order valence-corrected chi connectivity index (χ4v) is 4.23. The van der Waals surface area contributed by atoms with Crippen molar-refractivity contribution < 1.29 is 40.0 Å². The van der Waals surface area contributed by atoms with Crippen LogP contribution >= 0.6 is 0 Å². The summed E-state index contributed by atoms with van der Waals surface area (Å²) < 4.78 is 90.2. The van der Waals surface area contributed by atoms with E-state index in [4.69, 9.17) is 15.0 Å². The van der Waals surface area contributed by atoms with E-state index in [9.17, 15) is 30.8 Å². The summed E-state index contributed by atoms with van der Waals surface area (Å²) >= 11 is 0. The average molecular weight is 597 g/mol. The molecular weight excluding hydrogens is 572 g/mol. The third-order valence-electron chi connectivity index (χ3n) is 5.76. The number of aromatic amines is 1. The molecule has 1 atom stereocenters. The summed E-state index contributed by atoms with van der Waals surface area (Å²) in [5.41, 5.74) is 4.03. The zero-order valence-electron chi connectivity index (χ0n) is 21.7. The van der Waals surface area contributed by atoms with Crippen molar-refractivity contribution in [3.63, 3.8) is 0 Å². The van der Waals surface area contributed by atoms with E-state index >= 15 is 0 Å². The van der Waals surface area contributed by atoms with Crippen LogP contribution in [0.15, 0.2) is 53.1 Å². The Kier molecular flexibility index (Phi) is 7.96. The van der Waals surface area contributed by atoms with E-state index in [-0.39, 0.29) is 45.7 Å². The topological polar surface area (TPSA) is 165 Å². The largest absolute Gasteiger partial charge is 0.484 e. The number of sulfonamides is 1. The van der Waals surface area contributed by atoms with Crippen molar-refractivity contribution in [2.45, 2.75) is 38.3 Å². The number of alkyl halides is 3. The maximum atomic E-state index is 14.2. The molecule has 0 spiro atoms. The van der Waals surface area contributed by atoms with E-state index in [0.717, 1.165) is 6.07 Å². The number of carbonyl (C=O) groups is 1. The minimum absolute atomic E-state index is 0.0279.